The number of carbonyl (C=O) groups excluding carboxylic acids is 1. The molecule has 1 unspecified atom stereocenters. The number of aliphatic hydroxyl groups excluding tert-OH is 1. The van der Waals surface area contributed by atoms with Crippen molar-refractivity contribution < 1.29 is 9.90 Å². The summed E-state index contributed by atoms with van der Waals surface area (Å²) in [5.74, 6) is -0.100. The first-order valence-corrected chi connectivity index (χ1v) is 7.92. The highest BCUT2D eigenvalue weighted by Gasteiger charge is 2.12. The van der Waals surface area contributed by atoms with Gasteiger partial charge in [0.2, 0.25) is 5.91 Å². The molecule has 0 spiro atoms. The van der Waals surface area contributed by atoms with E-state index in [9.17, 15) is 4.79 Å². The van der Waals surface area contributed by atoms with Gasteiger partial charge in [-0.15, -0.1) is 11.3 Å². The normalized spacial score (nSPS) is 12.1. The number of amides is 1. The Morgan fingerprint density at radius 3 is 2.95 bits per heavy atom. The molecule has 2 rings (SSSR count). The van der Waals surface area contributed by atoms with Crippen molar-refractivity contribution in [2.75, 3.05) is 6.61 Å². The van der Waals surface area contributed by atoms with Gasteiger partial charge in [0, 0.05) is 10.9 Å². The van der Waals surface area contributed by atoms with Gasteiger partial charge in [-0.3, -0.25) is 4.79 Å². The molecule has 2 aromatic rings. The van der Waals surface area contributed by atoms with E-state index in [0.717, 1.165) is 16.3 Å². The number of aromatic nitrogens is 1. The summed E-state index contributed by atoms with van der Waals surface area (Å²) in [6, 6.07) is 7.99. The molecule has 1 heterocycles. The molecule has 0 aliphatic carbocycles. The average Bonchev–Trinajstić information content (AvgIpc) is 2.93. The molecule has 1 atom stereocenters. The minimum atomic E-state index is -0.174. The summed E-state index contributed by atoms with van der Waals surface area (Å²) >= 11 is 1.54. The van der Waals surface area contributed by atoms with E-state index in [1.807, 2.05) is 37.4 Å². The Bertz CT molecular complexity index is 606. The third-order valence-corrected chi connectivity index (χ3v) is 4.18. The van der Waals surface area contributed by atoms with Gasteiger partial charge in [0.05, 0.1) is 24.8 Å². The molecular formula is C16H20N2O2S. The molecule has 112 valence electrons. The van der Waals surface area contributed by atoms with Crippen molar-refractivity contribution in [1.82, 2.24) is 10.3 Å². The molecule has 1 aromatic carbocycles. The van der Waals surface area contributed by atoms with Gasteiger partial charge in [-0.05, 0) is 19.4 Å². The van der Waals surface area contributed by atoms with Crippen molar-refractivity contribution in [2.45, 2.75) is 32.7 Å². The number of benzene rings is 1. The summed E-state index contributed by atoms with van der Waals surface area (Å²) in [4.78, 5) is 16.4. The lowest BCUT2D eigenvalue weighted by Gasteiger charge is -2.13. The van der Waals surface area contributed by atoms with Gasteiger partial charge >= 0.3 is 0 Å². The van der Waals surface area contributed by atoms with Crippen LogP contribution in [0.4, 0.5) is 0 Å². The van der Waals surface area contributed by atoms with Crippen LogP contribution >= 0.6 is 11.3 Å². The van der Waals surface area contributed by atoms with Gasteiger partial charge in [-0.25, -0.2) is 4.98 Å². The highest BCUT2D eigenvalue weighted by Crippen LogP contribution is 2.24. The predicted molar refractivity (Wildman–Crippen MR) is 85.3 cm³/mol. The number of thiazole rings is 1. The largest absolute Gasteiger partial charge is 0.394 e. The molecule has 1 amide bonds. The Labute approximate surface area is 128 Å². The fourth-order valence-corrected chi connectivity index (χ4v) is 2.84. The van der Waals surface area contributed by atoms with Crippen LogP contribution in [-0.4, -0.2) is 28.6 Å². The molecule has 0 aliphatic rings. The quantitative estimate of drug-likeness (QED) is 0.862. The standard InChI is InChI=1S/C16H20N2O2S/c1-3-13(9-19)17-15(20)8-14-10-21-16(18-14)12-6-4-5-11(2)7-12/h4-7,10,13,19H,3,8-9H2,1-2H3,(H,17,20). The Balaban J connectivity index is 2.02. The number of carbonyl (C=O) groups is 1. The Morgan fingerprint density at radius 2 is 2.29 bits per heavy atom. The number of aliphatic hydroxyl groups is 1. The minimum Gasteiger partial charge on any atom is -0.394 e. The molecule has 0 fully saturated rings. The third-order valence-electron chi connectivity index (χ3n) is 3.24. The first kappa shape index (κ1) is 15.7. The SMILES string of the molecule is CCC(CO)NC(=O)Cc1csc(-c2cccc(C)c2)n1. The zero-order valence-corrected chi connectivity index (χ0v) is 13.1. The van der Waals surface area contributed by atoms with Crippen molar-refractivity contribution in [3.8, 4) is 10.6 Å². The maximum Gasteiger partial charge on any atom is 0.226 e. The zero-order valence-electron chi connectivity index (χ0n) is 12.3. The van der Waals surface area contributed by atoms with Crippen LogP contribution < -0.4 is 5.32 Å². The minimum absolute atomic E-state index is 0.0339. The van der Waals surface area contributed by atoms with E-state index in [0.29, 0.717) is 6.42 Å². The van der Waals surface area contributed by atoms with Crippen LogP contribution in [0.1, 0.15) is 24.6 Å². The molecule has 0 radical (unpaired) electrons. The van der Waals surface area contributed by atoms with Crippen LogP contribution in [0.2, 0.25) is 0 Å². The third kappa shape index (κ3) is 4.37. The maximum atomic E-state index is 11.9. The van der Waals surface area contributed by atoms with Gasteiger partial charge in [0.25, 0.3) is 0 Å². The predicted octanol–water partition coefficient (Wildman–Crippen LogP) is 2.55. The van der Waals surface area contributed by atoms with E-state index < -0.39 is 0 Å². The van der Waals surface area contributed by atoms with E-state index in [1.54, 1.807) is 11.3 Å². The first-order chi connectivity index (χ1) is 10.1. The fraction of sp³-hybridized carbons (Fsp3) is 0.375. The number of hydrogen-bond acceptors (Lipinski definition) is 4. The summed E-state index contributed by atoms with van der Waals surface area (Å²) in [6.07, 6.45) is 0.965. The lowest BCUT2D eigenvalue weighted by Crippen LogP contribution is -2.37. The fourth-order valence-electron chi connectivity index (χ4n) is 2.02. The van der Waals surface area contributed by atoms with Crippen LogP contribution in [0.3, 0.4) is 0 Å². The lowest BCUT2D eigenvalue weighted by molar-refractivity contribution is -0.121. The van der Waals surface area contributed by atoms with Crippen molar-refractivity contribution in [2.24, 2.45) is 0 Å². The van der Waals surface area contributed by atoms with Gasteiger partial charge < -0.3 is 10.4 Å². The van der Waals surface area contributed by atoms with Gasteiger partial charge in [-0.1, -0.05) is 30.7 Å². The van der Waals surface area contributed by atoms with Crippen LogP contribution in [-0.2, 0) is 11.2 Å². The number of nitrogens with one attached hydrogen (secondary N) is 1. The van der Waals surface area contributed by atoms with Gasteiger partial charge in [0.1, 0.15) is 5.01 Å². The van der Waals surface area contributed by atoms with Gasteiger partial charge in [-0.2, -0.15) is 0 Å². The molecular weight excluding hydrogens is 284 g/mol. The number of nitrogens with zero attached hydrogens (tertiary/aromatic N) is 1. The summed E-state index contributed by atoms with van der Waals surface area (Å²) < 4.78 is 0. The molecule has 21 heavy (non-hydrogen) atoms. The van der Waals surface area contributed by atoms with Crippen LogP contribution in [0.15, 0.2) is 29.6 Å². The van der Waals surface area contributed by atoms with E-state index >= 15 is 0 Å². The summed E-state index contributed by atoms with van der Waals surface area (Å²) in [6.45, 7) is 3.94. The summed E-state index contributed by atoms with van der Waals surface area (Å²) in [7, 11) is 0. The number of rotatable bonds is 6. The second-order valence-electron chi connectivity index (χ2n) is 5.05. The highest BCUT2D eigenvalue weighted by atomic mass is 32.1. The van der Waals surface area contributed by atoms with Crippen LogP contribution in [0.5, 0.6) is 0 Å². The van der Waals surface area contributed by atoms with E-state index in [4.69, 9.17) is 5.11 Å². The molecule has 5 heteroatoms. The number of aryl methyl sites for hydroxylation is 1. The summed E-state index contributed by atoms with van der Waals surface area (Å²) in [5.41, 5.74) is 3.03. The lowest BCUT2D eigenvalue weighted by atomic mass is 10.1. The Morgan fingerprint density at radius 1 is 1.48 bits per heavy atom. The monoisotopic (exact) mass is 304 g/mol. The van der Waals surface area contributed by atoms with Crippen LogP contribution in [0, 0.1) is 6.92 Å². The topological polar surface area (TPSA) is 62.2 Å². The van der Waals surface area contributed by atoms with E-state index in [2.05, 4.69) is 16.4 Å². The highest BCUT2D eigenvalue weighted by molar-refractivity contribution is 7.13. The van der Waals surface area contributed by atoms with E-state index in [1.165, 1.54) is 5.56 Å². The van der Waals surface area contributed by atoms with Crippen molar-refractivity contribution >= 4 is 17.2 Å². The number of hydrogen-bond donors (Lipinski definition) is 2. The van der Waals surface area contributed by atoms with Crippen molar-refractivity contribution in [1.29, 1.82) is 0 Å². The molecule has 0 bridgehead atoms. The smallest absolute Gasteiger partial charge is 0.226 e. The van der Waals surface area contributed by atoms with Crippen molar-refractivity contribution in [3.63, 3.8) is 0 Å². The second kappa shape index (κ2) is 7.33. The molecule has 0 aliphatic heterocycles. The first-order valence-electron chi connectivity index (χ1n) is 7.04. The zero-order chi connectivity index (χ0) is 15.2. The van der Waals surface area contributed by atoms with Crippen LogP contribution in [0.25, 0.3) is 10.6 Å². The Hall–Kier alpha value is -1.72. The summed E-state index contributed by atoms with van der Waals surface area (Å²) in [5, 5.41) is 14.7. The molecule has 0 saturated carbocycles. The van der Waals surface area contributed by atoms with Crippen molar-refractivity contribution in [3.05, 3.63) is 40.9 Å². The van der Waals surface area contributed by atoms with Gasteiger partial charge in [0.15, 0.2) is 0 Å². The molecule has 2 N–H and O–H groups in total. The molecule has 0 saturated heterocycles. The maximum absolute atomic E-state index is 11.9. The average molecular weight is 304 g/mol. The Kier molecular flexibility index (Phi) is 5.47. The molecule has 1 aromatic heterocycles. The molecule has 4 nitrogen and oxygen atoms in total. The van der Waals surface area contributed by atoms with E-state index in [-0.39, 0.29) is 25.0 Å². The second-order valence-corrected chi connectivity index (χ2v) is 5.90.